The highest BCUT2D eigenvalue weighted by molar-refractivity contribution is 5.61. The first-order valence-corrected chi connectivity index (χ1v) is 6.07. The molecule has 0 fully saturated rings. The summed E-state index contributed by atoms with van der Waals surface area (Å²) < 4.78 is 2.34. The number of rotatable bonds is 0. The summed E-state index contributed by atoms with van der Waals surface area (Å²) in [5.41, 5.74) is 3.81. The van der Waals surface area contributed by atoms with Crippen LogP contribution in [0.3, 0.4) is 0 Å². The Labute approximate surface area is 102 Å². The third kappa shape index (κ3) is 1.57. The Kier molecular flexibility index (Phi) is 2.12. The number of nitrogens with zero attached hydrogens (tertiary/aromatic N) is 3. The monoisotopic (exact) mass is 227 g/mol. The molecule has 0 aliphatic carbocycles. The fourth-order valence-electron chi connectivity index (χ4n) is 2.47. The van der Waals surface area contributed by atoms with Crippen molar-refractivity contribution in [3.8, 4) is 11.4 Å². The van der Waals surface area contributed by atoms with Crippen molar-refractivity contribution in [2.45, 2.75) is 39.2 Å². The fourth-order valence-corrected chi connectivity index (χ4v) is 2.47. The van der Waals surface area contributed by atoms with Crippen molar-refractivity contribution in [2.24, 2.45) is 0 Å². The van der Waals surface area contributed by atoms with Gasteiger partial charge in [-0.1, -0.05) is 20.8 Å². The number of imidazole rings is 1. The summed E-state index contributed by atoms with van der Waals surface area (Å²) in [5, 5.41) is 0. The summed E-state index contributed by atoms with van der Waals surface area (Å²) in [7, 11) is 0. The Morgan fingerprint density at radius 2 is 2.06 bits per heavy atom. The number of fused-ring (bicyclic) bond motifs is 3. The van der Waals surface area contributed by atoms with Gasteiger partial charge < -0.3 is 4.57 Å². The second kappa shape index (κ2) is 3.42. The van der Waals surface area contributed by atoms with Gasteiger partial charge in [-0.3, -0.25) is 4.98 Å². The van der Waals surface area contributed by atoms with E-state index in [1.807, 2.05) is 18.5 Å². The van der Waals surface area contributed by atoms with Crippen LogP contribution in [0.2, 0.25) is 0 Å². The molecule has 2 aromatic heterocycles. The van der Waals surface area contributed by atoms with Gasteiger partial charge in [0.1, 0.15) is 5.82 Å². The van der Waals surface area contributed by atoms with Crippen LogP contribution in [0.5, 0.6) is 0 Å². The van der Waals surface area contributed by atoms with Gasteiger partial charge >= 0.3 is 0 Å². The second-order valence-corrected chi connectivity index (χ2v) is 5.62. The average molecular weight is 227 g/mol. The number of hydrogen-bond donors (Lipinski definition) is 0. The lowest BCUT2D eigenvalue weighted by Crippen LogP contribution is -2.21. The topological polar surface area (TPSA) is 30.7 Å². The number of hydrogen-bond acceptors (Lipinski definition) is 2. The van der Waals surface area contributed by atoms with Gasteiger partial charge in [-0.05, 0) is 12.1 Å². The van der Waals surface area contributed by atoms with E-state index in [4.69, 9.17) is 0 Å². The molecule has 1 aliphatic heterocycles. The van der Waals surface area contributed by atoms with Crippen LogP contribution in [0, 0.1) is 0 Å². The highest BCUT2D eigenvalue weighted by atomic mass is 15.1. The van der Waals surface area contributed by atoms with E-state index in [-0.39, 0.29) is 5.41 Å². The molecule has 3 nitrogen and oxygen atoms in total. The van der Waals surface area contributed by atoms with Crippen molar-refractivity contribution >= 4 is 0 Å². The number of aromatic nitrogens is 3. The summed E-state index contributed by atoms with van der Waals surface area (Å²) in [5.74, 6) is 1.07. The molecule has 0 aromatic carbocycles. The quantitative estimate of drug-likeness (QED) is 0.693. The Balaban J connectivity index is 2.20. The summed E-state index contributed by atoms with van der Waals surface area (Å²) in [4.78, 5) is 9.02. The molecule has 0 saturated carbocycles. The van der Waals surface area contributed by atoms with Crippen molar-refractivity contribution in [3.05, 3.63) is 35.9 Å². The third-order valence-electron chi connectivity index (χ3n) is 3.33. The van der Waals surface area contributed by atoms with Gasteiger partial charge in [0.25, 0.3) is 0 Å². The summed E-state index contributed by atoms with van der Waals surface area (Å²) in [6, 6.07) is 4.10. The lowest BCUT2D eigenvalue weighted by molar-refractivity contribution is 0.513. The average Bonchev–Trinajstić information content (AvgIpc) is 2.72. The van der Waals surface area contributed by atoms with Crippen molar-refractivity contribution in [2.75, 3.05) is 0 Å². The number of pyridine rings is 1. The maximum atomic E-state index is 4.59. The van der Waals surface area contributed by atoms with E-state index < -0.39 is 0 Å². The Morgan fingerprint density at radius 1 is 1.24 bits per heavy atom. The third-order valence-corrected chi connectivity index (χ3v) is 3.33. The molecule has 88 valence electrons. The molecule has 0 unspecified atom stereocenters. The van der Waals surface area contributed by atoms with Crippen molar-refractivity contribution in [1.29, 1.82) is 0 Å². The standard InChI is InChI=1S/C14H17N3/c1-14(2,3)12-9-16-13-10-5-4-7-15-11(10)6-8-17(12)13/h4-5,7,9H,6,8H2,1-3H3. The van der Waals surface area contributed by atoms with Crippen LogP contribution in [-0.2, 0) is 18.4 Å². The number of aryl methyl sites for hydroxylation is 1. The molecule has 1 aliphatic rings. The molecule has 17 heavy (non-hydrogen) atoms. The predicted molar refractivity (Wildman–Crippen MR) is 67.9 cm³/mol. The van der Waals surface area contributed by atoms with Gasteiger partial charge in [0.2, 0.25) is 0 Å². The lowest BCUT2D eigenvalue weighted by Gasteiger charge is -2.24. The van der Waals surface area contributed by atoms with E-state index >= 15 is 0 Å². The van der Waals surface area contributed by atoms with Crippen LogP contribution < -0.4 is 0 Å². The maximum absolute atomic E-state index is 4.59. The van der Waals surface area contributed by atoms with E-state index in [9.17, 15) is 0 Å². The second-order valence-electron chi connectivity index (χ2n) is 5.62. The van der Waals surface area contributed by atoms with E-state index in [2.05, 4.69) is 41.4 Å². The van der Waals surface area contributed by atoms with E-state index in [1.165, 1.54) is 17.0 Å². The van der Waals surface area contributed by atoms with Crippen LogP contribution in [0.15, 0.2) is 24.5 Å². The molecular weight excluding hydrogens is 210 g/mol. The zero-order valence-electron chi connectivity index (χ0n) is 10.6. The zero-order chi connectivity index (χ0) is 12.0. The lowest BCUT2D eigenvalue weighted by atomic mass is 9.92. The highest BCUT2D eigenvalue weighted by Crippen LogP contribution is 2.32. The van der Waals surface area contributed by atoms with Crippen LogP contribution in [0.4, 0.5) is 0 Å². The predicted octanol–water partition coefficient (Wildman–Crippen LogP) is 2.80. The van der Waals surface area contributed by atoms with E-state index in [0.717, 1.165) is 18.8 Å². The van der Waals surface area contributed by atoms with Crippen LogP contribution in [-0.4, -0.2) is 14.5 Å². The fraction of sp³-hybridized carbons (Fsp3) is 0.429. The Bertz CT molecular complexity index is 561. The van der Waals surface area contributed by atoms with Crippen LogP contribution in [0.25, 0.3) is 11.4 Å². The molecule has 3 rings (SSSR count). The van der Waals surface area contributed by atoms with Crippen molar-refractivity contribution in [3.63, 3.8) is 0 Å². The van der Waals surface area contributed by atoms with Crippen LogP contribution in [0.1, 0.15) is 32.2 Å². The SMILES string of the molecule is CC(C)(C)c1cnc2n1CCc1ncccc1-2. The molecule has 2 aromatic rings. The molecule has 0 atom stereocenters. The molecule has 0 amide bonds. The summed E-state index contributed by atoms with van der Waals surface area (Å²) in [6.07, 6.45) is 4.88. The first-order chi connectivity index (χ1) is 8.07. The molecule has 0 N–H and O–H groups in total. The summed E-state index contributed by atoms with van der Waals surface area (Å²) in [6.45, 7) is 7.69. The van der Waals surface area contributed by atoms with Gasteiger partial charge in [-0.25, -0.2) is 4.98 Å². The largest absolute Gasteiger partial charge is 0.327 e. The van der Waals surface area contributed by atoms with Crippen LogP contribution >= 0.6 is 0 Å². The van der Waals surface area contributed by atoms with Gasteiger partial charge in [-0.15, -0.1) is 0 Å². The zero-order valence-corrected chi connectivity index (χ0v) is 10.6. The molecule has 3 heteroatoms. The molecule has 0 radical (unpaired) electrons. The van der Waals surface area contributed by atoms with Crippen molar-refractivity contribution in [1.82, 2.24) is 14.5 Å². The van der Waals surface area contributed by atoms with Gasteiger partial charge in [0.15, 0.2) is 0 Å². The highest BCUT2D eigenvalue weighted by Gasteiger charge is 2.25. The van der Waals surface area contributed by atoms with Gasteiger partial charge in [0.05, 0.1) is 5.69 Å². The Hall–Kier alpha value is -1.64. The minimum Gasteiger partial charge on any atom is -0.327 e. The Morgan fingerprint density at radius 3 is 2.82 bits per heavy atom. The normalized spacial score (nSPS) is 14.3. The molecule has 0 saturated heterocycles. The molecular formula is C14H17N3. The molecule has 0 spiro atoms. The first-order valence-electron chi connectivity index (χ1n) is 6.07. The van der Waals surface area contributed by atoms with Crippen molar-refractivity contribution < 1.29 is 0 Å². The minimum atomic E-state index is 0.144. The molecule has 0 bridgehead atoms. The minimum absolute atomic E-state index is 0.144. The first kappa shape index (κ1) is 10.5. The summed E-state index contributed by atoms with van der Waals surface area (Å²) >= 11 is 0. The van der Waals surface area contributed by atoms with Gasteiger partial charge in [-0.2, -0.15) is 0 Å². The smallest absolute Gasteiger partial charge is 0.141 e. The van der Waals surface area contributed by atoms with Gasteiger partial charge in [0, 0.05) is 42.0 Å². The maximum Gasteiger partial charge on any atom is 0.141 e. The van der Waals surface area contributed by atoms with E-state index in [1.54, 1.807) is 0 Å². The molecule has 3 heterocycles. The van der Waals surface area contributed by atoms with E-state index in [0.29, 0.717) is 0 Å².